The third kappa shape index (κ3) is 3.27. The van der Waals surface area contributed by atoms with Gasteiger partial charge in [0.1, 0.15) is 5.02 Å². The third-order valence-corrected chi connectivity index (χ3v) is 3.91. The molecule has 7 heteroatoms. The predicted octanol–water partition coefficient (Wildman–Crippen LogP) is 3.76. The van der Waals surface area contributed by atoms with Crippen molar-refractivity contribution >= 4 is 34.3 Å². The number of hydrogen-bond donors (Lipinski definition) is 2. The molecular formula is C13H13ClN2O3S. The number of nitro benzene ring substituents is 1. The zero-order valence-electron chi connectivity index (χ0n) is 10.7. The van der Waals surface area contributed by atoms with Crippen LogP contribution in [0.2, 0.25) is 5.02 Å². The lowest BCUT2D eigenvalue weighted by molar-refractivity contribution is -0.384. The monoisotopic (exact) mass is 312 g/mol. The Kier molecular flexibility index (Phi) is 4.59. The third-order valence-electron chi connectivity index (χ3n) is 2.90. The summed E-state index contributed by atoms with van der Waals surface area (Å²) in [7, 11) is 0. The maximum Gasteiger partial charge on any atom is 0.288 e. The molecule has 20 heavy (non-hydrogen) atoms. The minimum absolute atomic E-state index is 0.0770. The van der Waals surface area contributed by atoms with E-state index in [9.17, 15) is 15.2 Å². The van der Waals surface area contributed by atoms with Gasteiger partial charge in [0.2, 0.25) is 0 Å². The Morgan fingerprint density at radius 2 is 2.30 bits per heavy atom. The molecule has 5 nitrogen and oxygen atoms in total. The van der Waals surface area contributed by atoms with E-state index in [0.717, 1.165) is 5.56 Å². The molecule has 0 fully saturated rings. The molecular weight excluding hydrogens is 300 g/mol. The van der Waals surface area contributed by atoms with Crippen LogP contribution in [-0.4, -0.2) is 16.6 Å². The molecule has 2 rings (SSSR count). The standard InChI is InChI=1S/C13H13ClN2O3S/c1-8-4-12(16(18)19)10(14)5-11(8)15-6-13(17)9-2-3-20-7-9/h2-5,7,13,15,17H,6H2,1H3. The fourth-order valence-corrected chi connectivity index (χ4v) is 2.73. The summed E-state index contributed by atoms with van der Waals surface area (Å²) in [6, 6.07) is 4.78. The van der Waals surface area contributed by atoms with E-state index < -0.39 is 11.0 Å². The molecule has 0 saturated heterocycles. The summed E-state index contributed by atoms with van der Waals surface area (Å²) in [5.41, 5.74) is 2.11. The number of halogens is 1. The smallest absolute Gasteiger partial charge is 0.288 e. The van der Waals surface area contributed by atoms with E-state index in [1.807, 2.05) is 16.8 Å². The van der Waals surface area contributed by atoms with Gasteiger partial charge in [0, 0.05) is 18.3 Å². The van der Waals surface area contributed by atoms with Crippen molar-refractivity contribution in [3.8, 4) is 0 Å². The summed E-state index contributed by atoms with van der Waals surface area (Å²) in [4.78, 5) is 10.3. The van der Waals surface area contributed by atoms with Crippen molar-refractivity contribution in [3.63, 3.8) is 0 Å². The molecule has 1 aromatic carbocycles. The van der Waals surface area contributed by atoms with Gasteiger partial charge in [-0.05, 0) is 40.9 Å². The van der Waals surface area contributed by atoms with Crippen molar-refractivity contribution < 1.29 is 10.0 Å². The van der Waals surface area contributed by atoms with Crippen LogP contribution < -0.4 is 5.32 Å². The normalized spacial score (nSPS) is 12.2. The molecule has 0 aliphatic heterocycles. The summed E-state index contributed by atoms with van der Waals surface area (Å²) in [5.74, 6) is 0. The molecule has 0 saturated carbocycles. The Morgan fingerprint density at radius 3 is 2.90 bits per heavy atom. The molecule has 1 atom stereocenters. The highest BCUT2D eigenvalue weighted by atomic mass is 35.5. The first-order chi connectivity index (χ1) is 9.49. The van der Waals surface area contributed by atoms with Crippen molar-refractivity contribution in [3.05, 3.63) is 55.2 Å². The average Bonchev–Trinajstić information content (AvgIpc) is 2.92. The predicted molar refractivity (Wildman–Crippen MR) is 80.6 cm³/mol. The van der Waals surface area contributed by atoms with Crippen molar-refractivity contribution in [1.29, 1.82) is 0 Å². The highest BCUT2D eigenvalue weighted by molar-refractivity contribution is 7.07. The molecule has 2 aromatic rings. The maximum absolute atomic E-state index is 10.8. The molecule has 1 aromatic heterocycles. The Hall–Kier alpha value is -1.63. The molecule has 1 unspecified atom stereocenters. The van der Waals surface area contributed by atoms with Crippen LogP contribution in [0, 0.1) is 17.0 Å². The van der Waals surface area contributed by atoms with Gasteiger partial charge in [0.15, 0.2) is 0 Å². The lowest BCUT2D eigenvalue weighted by Gasteiger charge is -2.14. The average molecular weight is 313 g/mol. The number of nitro groups is 1. The molecule has 0 aliphatic carbocycles. The molecule has 0 radical (unpaired) electrons. The quantitative estimate of drug-likeness (QED) is 0.651. The lowest BCUT2D eigenvalue weighted by atomic mass is 10.1. The number of aliphatic hydroxyl groups is 1. The van der Waals surface area contributed by atoms with Crippen molar-refractivity contribution in [2.75, 3.05) is 11.9 Å². The first kappa shape index (κ1) is 14.8. The first-order valence-corrected chi connectivity index (χ1v) is 7.19. The highest BCUT2D eigenvalue weighted by Crippen LogP contribution is 2.30. The van der Waals surface area contributed by atoms with E-state index in [0.29, 0.717) is 17.8 Å². The van der Waals surface area contributed by atoms with E-state index in [2.05, 4.69) is 5.32 Å². The zero-order valence-corrected chi connectivity index (χ0v) is 12.2. The van der Waals surface area contributed by atoms with Crippen molar-refractivity contribution in [1.82, 2.24) is 0 Å². The molecule has 0 bridgehead atoms. The van der Waals surface area contributed by atoms with Crippen LogP contribution in [0.15, 0.2) is 29.0 Å². The summed E-state index contributed by atoms with van der Waals surface area (Å²) in [5, 5.41) is 27.7. The van der Waals surface area contributed by atoms with Gasteiger partial charge in [-0.1, -0.05) is 11.6 Å². The van der Waals surface area contributed by atoms with E-state index in [-0.39, 0.29) is 10.7 Å². The second-order valence-corrected chi connectivity index (χ2v) is 5.52. The number of hydrogen-bond acceptors (Lipinski definition) is 5. The first-order valence-electron chi connectivity index (χ1n) is 5.87. The number of thiophene rings is 1. The van der Waals surface area contributed by atoms with Gasteiger partial charge in [-0.3, -0.25) is 10.1 Å². The number of aryl methyl sites for hydroxylation is 1. The zero-order chi connectivity index (χ0) is 14.7. The Balaban J connectivity index is 2.10. The Bertz CT molecular complexity index is 616. The topological polar surface area (TPSA) is 75.4 Å². The van der Waals surface area contributed by atoms with E-state index in [4.69, 9.17) is 11.6 Å². The number of anilines is 1. The number of nitrogens with one attached hydrogen (secondary N) is 1. The fourth-order valence-electron chi connectivity index (χ4n) is 1.79. The van der Waals surface area contributed by atoms with Gasteiger partial charge in [0.05, 0.1) is 11.0 Å². The SMILES string of the molecule is Cc1cc([N+](=O)[O-])c(Cl)cc1NCC(O)c1ccsc1. The second kappa shape index (κ2) is 6.21. The van der Waals surface area contributed by atoms with Gasteiger partial charge in [-0.15, -0.1) is 0 Å². The highest BCUT2D eigenvalue weighted by Gasteiger charge is 2.15. The maximum atomic E-state index is 10.8. The van der Waals surface area contributed by atoms with Crippen LogP contribution >= 0.6 is 22.9 Å². The van der Waals surface area contributed by atoms with Gasteiger partial charge in [0.25, 0.3) is 5.69 Å². The van der Waals surface area contributed by atoms with E-state index in [1.54, 1.807) is 6.92 Å². The van der Waals surface area contributed by atoms with E-state index in [1.165, 1.54) is 23.5 Å². The Morgan fingerprint density at radius 1 is 1.55 bits per heavy atom. The fraction of sp³-hybridized carbons (Fsp3) is 0.231. The van der Waals surface area contributed by atoms with Crippen LogP contribution in [-0.2, 0) is 0 Å². The van der Waals surface area contributed by atoms with Gasteiger partial charge in [-0.2, -0.15) is 11.3 Å². The molecule has 2 N–H and O–H groups in total. The molecule has 0 aliphatic rings. The van der Waals surface area contributed by atoms with Crippen LogP contribution in [0.25, 0.3) is 0 Å². The molecule has 1 heterocycles. The molecule has 106 valence electrons. The summed E-state index contributed by atoms with van der Waals surface area (Å²) < 4.78 is 0. The summed E-state index contributed by atoms with van der Waals surface area (Å²) in [6.07, 6.45) is -0.630. The van der Waals surface area contributed by atoms with Crippen molar-refractivity contribution in [2.45, 2.75) is 13.0 Å². The number of aliphatic hydroxyl groups excluding tert-OH is 1. The molecule has 0 spiro atoms. The summed E-state index contributed by atoms with van der Waals surface area (Å²) in [6.45, 7) is 2.06. The molecule has 0 amide bonds. The van der Waals surface area contributed by atoms with Crippen LogP contribution in [0.1, 0.15) is 17.2 Å². The summed E-state index contributed by atoms with van der Waals surface area (Å²) >= 11 is 7.39. The van der Waals surface area contributed by atoms with Gasteiger partial charge < -0.3 is 10.4 Å². The largest absolute Gasteiger partial charge is 0.387 e. The van der Waals surface area contributed by atoms with Gasteiger partial charge in [-0.25, -0.2) is 0 Å². The van der Waals surface area contributed by atoms with Crippen LogP contribution in [0.4, 0.5) is 11.4 Å². The number of rotatable bonds is 5. The minimum atomic E-state index is -0.630. The lowest BCUT2D eigenvalue weighted by Crippen LogP contribution is -2.12. The van der Waals surface area contributed by atoms with Gasteiger partial charge >= 0.3 is 0 Å². The number of benzene rings is 1. The van der Waals surface area contributed by atoms with Crippen LogP contribution in [0.5, 0.6) is 0 Å². The Labute approximate surface area is 125 Å². The minimum Gasteiger partial charge on any atom is -0.387 e. The second-order valence-electron chi connectivity index (χ2n) is 4.33. The van der Waals surface area contributed by atoms with E-state index >= 15 is 0 Å². The number of nitrogens with zero attached hydrogens (tertiary/aromatic N) is 1. The van der Waals surface area contributed by atoms with Crippen molar-refractivity contribution in [2.24, 2.45) is 0 Å². The van der Waals surface area contributed by atoms with Crippen LogP contribution in [0.3, 0.4) is 0 Å².